The zero-order valence-electron chi connectivity index (χ0n) is 9.86. The first-order valence-corrected chi connectivity index (χ1v) is 5.50. The third-order valence-electron chi connectivity index (χ3n) is 2.92. The van der Waals surface area contributed by atoms with Crippen LogP contribution in [0.4, 0.5) is 0 Å². The van der Waals surface area contributed by atoms with Crippen molar-refractivity contribution in [2.24, 2.45) is 0 Å². The Morgan fingerprint density at radius 2 is 2.00 bits per heavy atom. The highest BCUT2D eigenvalue weighted by Gasteiger charge is 2.12. The minimum absolute atomic E-state index is 0.369. The molecule has 0 aliphatic carbocycles. The number of carboxylic acid groups (broad SMARTS) is 1. The van der Waals surface area contributed by atoms with E-state index in [0.29, 0.717) is 12.0 Å². The van der Waals surface area contributed by atoms with Crippen LogP contribution in [0.2, 0.25) is 0 Å². The van der Waals surface area contributed by atoms with E-state index < -0.39 is 5.97 Å². The highest BCUT2D eigenvalue weighted by molar-refractivity contribution is 5.98. The van der Waals surface area contributed by atoms with E-state index in [4.69, 9.17) is 9.84 Å². The number of carboxylic acids is 1. The van der Waals surface area contributed by atoms with Gasteiger partial charge in [0, 0.05) is 0 Å². The van der Waals surface area contributed by atoms with Crippen molar-refractivity contribution in [1.82, 2.24) is 0 Å². The molecule has 0 atom stereocenters. The Balaban J connectivity index is 2.78. The number of carbonyl (C=O) groups is 1. The molecule has 0 aliphatic rings. The molecular weight excluding hydrogens is 216 g/mol. The third kappa shape index (κ3) is 1.96. The summed E-state index contributed by atoms with van der Waals surface area (Å²) in [7, 11) is 1.60. The van der Waals surface area contributed by atoms with Crippen molar-refractivity contribution in [3.8, 4) is 5.75 Å². The molecule has 0 saturated carbocycles. The lowest BCUT2D eigenvalue weighted by Crippen LogP contribution is -2.02. The molecule has 3 heteroatoms. The van der Waals surface area contributed by atoms with Crippen LogP contribution in [0.1, 0.15) is 22.8 Å². The van der Waals surface area contributed by atoms with Gasteiger partial charge in [-0.2, -0.15) is 0 Å². The fourth-order valence-corrected chi connectivity index (χ4v) is 2.07. The van der Waals surface area contributed by atoms with Gasteiger partial charge in [0.25, 0.3) is 0 Å². The summed E-state index contributed by atoms with van der Waals surface area (Å²) < 4.78 is 5.17. The SMILES string of the molecule is CCc1c(C(=O)O)ccc2ccc(OC)cc12. The number of hydrogen-bond acceptors (Lipinski definition) is 2. The first-order valence-electron chi connectivity index (χ1n) is 5.50. The maximum absolute atomic E-state index is 11.1. The molecule has 0 fully saturated rings. The Labute approximate surface area is 99.6 Å². The second-order valence-electron chi connectivity index (χ2n) is 3.84. The van der Waals surface area contributed by atoms with E-state index in [1.54, 1.807) is 13.2 Å². The molecule has 0 heterocycles. The van der Waals surface area contributed by atoms with E-state index in [9.17, 15) is 4.79 Å². The number of aromatic carboxylic acids is 1. The molecule has 0 unspecified atom stereocenters. The van der Waals surface area contributed by atoms with Crippen molar-refractivity contribution in [1.29, 1.82) is 0 Å². The first kappa shape index (κ1) is 11.5. The van der Waals surface area contributed by atoms with Gasteiger partial charge in [0.15, 0.2) is 0 Å². The minimum Gasteiger partial charge on any atom is -0.497 e. The minimum atomic E-state index is -0.883. The summed E-state index contributed by atoms with van der Waals surface area (Å²) in [4.78, 5) is 11.1. The summed E-state index contributed by atoms with van der Waals surface area (Å²) in [5.41, 5.74) is 1.22. The summed E-state index contributed by atoms with van der Waals surface area (Å²) in [6, 6.07) is 9.20. The second kappa shape index (κ2) is 4.45. The zero-order valence-corrected chi connectivity index (χ0v) is 9.86. The summed E-state index contributed by atoms with van der Waals surface area (Å²) in [5.74, 6) is -0.138. The number of hydrogen-bond donors (Lipinski definition) is 1. The van der Waals surface area contributed by atoms with Crippen LogP contribution in [0.3, 0.4) is 0 Å². The zero-order chi connectivity index (χ0) is 12.4. The van der Waals surface area contributed by atoms with Gasteiger partial charge in [-0.25, -0.2) is 4.79 Å². The topological polar surface area (TPSA) is 46.5 Å². The third-order valence-corrected chi connectivity index (χ3v) is 2.92. The standard InChI is InChI=1S/C14H14O3/c1-3-11-12(14(15)16)7-5-9-4-6-10(17-2)8-13(9)11/h4-8H,3H2,1-2H3,(H,15,16). The van der Waals surface area contributed by atoms with Crippen LogP contribution in [0.25, 0.3) is 10.8 Å². The molecule has 2 aromatic rings. The number of fused-ring (bicyclic) bond motifs is 1. The Hall–Kier alpha value is -2.03. The quantitative estimate of drug-likeness (QED) is 0.881. The highest BCUT2D eigenvalue weighted by atomic mass is 16.5. The monoisotopic (exact) mass is 230 g/mol. The summed E-state index contributed by atoms with van der Waals surface area (Å²) in [6.07, 6.45) is 0.687. The van der Waals surface area contributed by atoms with Crippen molar-refractivity contribution < 1.29 is 14.6 Å². The maximum Gasteiger partial charge on any atom is 0.335 e. The summed E-state index contributed by atoms with van der Waals surface area (Å²) in [5, 5.41) is 11.1. The summed E-state index contributed by atoms with van der Waals surface area (Å²) in [6.45, 7) is 1.96. The molecule has 0 bridgehead atoms. The van der Waals surface area contributed by atoms with Crippen LogP contribution in [0.15, 0.2) is 30.3 Å². The molecule has 0 radical (unpaired) electrons. The van der Waals surface area contributed by atoms with E-state index in [1.807, 2.05) is 31.2 Å². The smallest absolute Gasteiger partial charge is 0.335 e. The Kier molecular flexibility index (Phi) is 3.00. The predicted octanol–water partition coefficient (Wildman–Crippen LogP) is 3.11. The molecule has 0 aromatic heterocycles. The van der Waals surface area contributed by atoms with Crippen molar-refractivity contribution >= 4 is 16.7 Å². The molecule has 1 N–H and O–H groups in total. The molecule has 2 aromatic carbocycles. The molecule has 0 amide bonds. The fourth-order valence-electron chi connectivity index (χ4n) is 2.07. The van der Waals surface area contributed by atoms with Crippen LogP contribution >= 0.6 is 0 Å². The number of rotatable bonds is 3. The molecule has 17 heavy (non-hydrogen) atoms. The molecule has 0 saturated heterocycles. The van der Waals surface area contributed by atoms with Crippen LogP contribution in [-0.4, -0.2) is 18.2 Å². The van der Waals surface area contributed by atoms with Gasteiger partial charge >= 0.3 is 5.97 Å². The van der Waals surface area contributed by atoms with Gasteiger partial charge in [0.1, 0.15) is 5.75 Å². The van der Waals surface area contributed by atoms with Gasteiger partial charge in [-0.3, -0.25) is 0 Å². The molecular formula is C14H14O3. The number of benzene rings is 2. The molecule has 0 spiro atoms. The molecule has 3 nitrogen and oxygen atoms in total. The molecule has 2 rings (SSSR count). The number of aryl methyl sites for hydroxylation is 1. The average molecular weight is 230 g/mol. The van der Waals surface area contributed by atoms with E-state index in [1.165, 1.54) is 0 Å². The molecule has 0 aliphatic heterocycles. The van der Waals surface area contributed by atoms with Crippen molar-refractivity contribution in [2.45, 2.75) is 13.3 Å². The van der Waals surface area contributed by atoms with Crippen LogP contribution in [0, 0.1) is 0 Å². The van der Waals surface area contributed by atoms with E-state index in [0.717, 1.165) is 22.1 Å². The van der Waals surface area contributed by atoms with Crippen molar-refractivity contribution in [3.05, 3.63) is 41.5 Å². The van der Waals surface area contributed by atoms with E-state index in [-0.39, 0.29) is 0 Å². The van der Waals surface area contributed by atoms with E-state index in [2.05, 4.69) is 0 Å². The average Bonchev–Trinajstić information content (AvgIpc) is 2.36. The molecule has 88 valence electrons. The normalized spacial score (nSPS) is 10.5. The lowest BCUT2D eigenvalue weighted by molar-refractivity contribution is 0.0696. The predicted molar refractivity (Wildman–Crippen MR) is 66.8 cm³/mol. The maximum atomic E-state index is 11.1. The second-order valence-corrected chi connectivity index (χ2v) is 3.84. The van der Waals surface area contributed by atoms with Gasteiger partial charge in [-0.15, -0.1) is 0 Å². The number of methoxy groups -OCH3 is 1. The Bertz CT molecular complexity index is 573. The van der Waals surface area contributed by atoms with Crippen molar-refractivity contribution in [2.75, 3.05) is 7.11 Å². The van der Waals surface area contributed by atoms with E-state index >= 15 is 0 Å². The van der Waals surface area contributed by atoms with Crippen LogP contribution < -0.4 is 4.74 Å². The number of ether oxygens (including phenoxy) is 1. The van der Waals surface area contributed by atoms with Gasteiger partial charge in [0.05, 0.1) is 12.7 Å². The Morgan fingerprint density at radius 1 is 1.29 bits per heavy atom. The highest BCUT2D eigenvalue weighted by Crippen LogP contribution is 2.27. The van der Waals surface area contributed by atoms with Gasteiger partial charge in [0.2, 0.25) is 0 Å². The lowest BCUT2D eigenvalue weighted by atomic mass is 9.97. The van der Waals surface area contributed by atoms with Gasteiger partial charge < -0.3 is 9.84 Å². The summed E-state index contributed by atoms with van der Waals surface area (Å²) >= 11 is 0. The first-order chi connectivity index (χ1) is 8.17. The lowest BCUT2D eigenvalue weighted by Gasteiger charge is -2.09. The largest absolute Gasteiger partial charge is 0.497 e. The Morgan fingerprint density at radius 3 is 2.59 bits per heavy atom. The van der Waals surface area contributed by atoms with Crippen LogP contribution in [0.5, 0.6) is 5.75 Å². The van der Waals surface area contributed by atoms with Crippen LogP contribution in [-0.2, 0) is 6.42 Å². The fraction of sp³-hybridized carbons (Fsp3) is 0.214. The van der Waals surface area contributed by atoms with Gasteiger partial charge in [-0.1, -0.05) is 19.1 Å². The van der Waals surface area contributed by atoms with Gasteiger partial charge in [-0.05, 0) is 41.0 Å². The van der Waals surface area contributed by atoms with Crippen molar-refractivity contribution in [3.63, 3.8) is 0 Å².